The zero-order valence-corrected chi connectivity index (χ0v) is 12.3. The molecule has 0 aliphatic carbocycles. The average molecular weight is 254 g/mol. The Bertz CT molecular complexity index is 95.1. The van der Waals surface area contributed by atoms with Gasteiger partial charge in [0.1, 0.15) is 0 Å². The smallest absolute Gasteiger partial charge is 0.374 e. The van der Waals surface area contributed by atoms with Crippen molar-refractivity contribution < 1.29 is 35.0 Å². The van der Waals surface area contributed by atoms with Gasteiger partial charge in [0, 0.05) is 47.6 Å². The second-order valence-electron chi connectivity index (χ2n) is 2.73. The van der Waals surface area contributed by atoms with Crippen LogP contribution in [0.1, 0.15) is 34.1 Å². The van der Waals surface area contributed by atoms with Crippen LogP contribution >= 0.6 is 0 Å². The van der Waals surface area contributed by atoms with Gasteiger partial charge in [0.05, 0.1) is 0 Å². The molecule has 0 spiro atoms. The minimum atomic E-state index is -2.30. The molecule has 0 radical (unpaired) electrons. The Morgan fingerprint density at radius 1 is 0.786 bits per heavy atom. The first-order valence-corrected chi connectivity index (χ1v) is 7.09. The predicted octanol–water partition coefficient (Wildman–Crippen LogP) is 2.44. The predicted molar refractivity (Wildman–Crippen MR) is 55.7 cm³/mol. The van der Waals surface area contributed by atoms with Crippen molar-refractivity contribution in [1.82, 2.24) is 0 Å². The summed E-state index contributed by atoms with van der Waals surface area (Å²) in [6.07, 6.45) is 1.05. The Kier molecular flexibility index (Phi) is 12.7. The molecule has 0 fully saturated rings. The molecule has 0 rings (SSSR count). The van der Waals surface area contributed by atoms with Crippen LogP contribution in [0.4, 0.5) is 0 Å². The number of hydrogen-bond acceptors (Lipinski definition) is 3. The van der Waals surface area contributed by atoms with Gasteiger partial charge in [-0.2, -0.15) is 0 Å². The zero-order chi connectivity index (χ0) is 10.2. The molecule has 0 aromatic heterocycles. The van der Waals surface area contributed by atoms with E-state index in [0.29, 0.717) is 19.8 Å². The number of rotatable bonds is 8. The molecule has 0 saturated carbocycles. The van der Waals surface area contributed by atoms with Crippen molar-refractivity contribution in [2.45, 2.75) is 40.2 Å². The third kappa shape index (κ3) is 6.32. The minimum Gasteiger partial charge on any atom is -0.374 e. The van der Waals surface area contributed by atoms with Crippen LogP contribution in [0.25, 0.3) is 0 Å². The van der Waals surface area contributed by atoms with Crippen LogP contribution in [0, 0.1) is 0 Å². The minimum absolute atomic E-state index is 0. The van der Waals surface area contributed by atoms with Gasteiger partial charge < -0.3 is 13.3 Å². The standard InChI is InChI=1S/C9H22O3Si.Ti/c1-5-9-13(10-6-2,11-7-3)12-8-4;/h5-9H2,1-4H3;. The summed E-state index contributed by atoms with van der Waals surface area (Å²) in [6, 6.07) is 0.919. The van der Waals surface area contributed by atoms with Crippen molar-refractivity contribution in [3.63, 3.8) is 0 Å². The molecule has 0 N–H and O–H groups in total. The van der Waals surface area contributed by atoms with Crippen molar-refractivity contribution >= 4 is 8.80 Å². The number of hydrogen-bond donors (Lipinski definition) is 0. The molecule has 84 valence electrons. The van der Waals surface area contributed by atoms with E-state index in [1.165, 1.54) is 0 Å². The first-order chi connectivity index (χ1) is 6.24. The maximum absolute atomic E-state index is 5.65. The van der Waals surface area contributed by atoms with Gasteiger partial charge in [-0.15, -0.1) is 0 Å². The maximum atomic E-state index is 5.65. The van der Waals surface area contributed by atoms with Gasteiger partial charge in [-0.25, -0.2) is 0 Å². The van der Waals surface area contributed by atoms with Gasteiger partial charge in [-0.3, -0.25) is 0 Å². The topological polar surface area (TPSA) is 27.7 Å². The molecule has 0 heterocycles. The van der Waals surface area contributed by atoms with E-state index in [0.717, 1.165) is 12.5 Å². The zero-order valence-electron chi connectivity index (χ0n) is 9.76. The van der Waals surface area contributed by atoms with E-state index in [-0.39, 0.29) is 21.7 Å². The molecule has 0 aromatic rings. The van der Waals surface area contributed by atoms with Crippen LogP contribution in [0.2, 0.25) is 6.04 Å². The summed E-state index contributed by atoms with van der Waals surface area (Å²) in [6.45, 7) is 10.1. The van der Waals surface area contributed by atoms with Crippen molar-refractivity contribution in [2.75, 3.05) is 19.8 Å². The van der Waals surface area contributed by atoms with Crippen LogP contribution < -0.4 is 0 Å². The second-order valence-corrected chi connectivity index (χ2v) is 5.46. The molecule has 3 nitrogen and oxygen atoms in total. The second kappa shape index (κ2) is 10.3. The molecule has 0 bridgehead atoms. The molecule has 0 aliphatic heterocycles. The summed E-state index contributed by atoms with van der Waals surface area (Å²) in [7, 11) is -2.30. The summed E-state index contributed by atoms with van der Waals surface area (Å²) in [5, 5.41) is 0. The molecule has 0 aromatic carbocycles. The van der Waals surface area contributed by atoms with Crippen LogP contribution in [-0.2, 0) is 35.0 Å². The van der Waals surface area contributed by atoms with Crippen LogP contribution in [0.3, 0.4) is 0 Å². The van der Waals surface area contributed by atoms with Crippen LogP contribution in [-0.4, -0.2) is 28.6 Å². The molecular formula is C9H22O3SiTi. The third-order valence-electron chi connectivity index (χ3n) is 1.65. The largest absolute Gasteiger partial charge is 0.500 e. The fraction of sp³-hybridized carbons (Fsp3) is 1.00. The van der Waals surface area contributed by atoms with Crippen molar-refractivity contribution in [1.29, 1.82) is 0 Å². The fourth-order valence-corrected chi connectivity index (χ4v) is 3.92. The van der Waals surface area contributed by atoms with E-state index in [4.69, 9.17) is 13.3 Å². The van der Waals surface area contributed by atoms with Crippen molar-refractivity contribution in [2.24, 2.45) is 0 Å². The molecule has 0 saturated heterocycles. The van der Waals surface area contributed by atoms with E-state index in [1.807, 2.05) is 20.8 Å². The van der Waals surface area contributed by atoms with Crippen molar-refractivity contribution in [3.8, 4) is 0 Å². The normalized spacial score (nSPS) is 11.1. The first-order valence-electron chi connectivity index (χ1n) is 5.16. The summed E-state index contributed by atoms with van der Waals surface area (Å²) >= 11 is 0. The molecule has 0 amide bonds. The summed E-state index contributed by atoms with van der Waals surface area (Å²) < 4.78 is 16.9. The summed E-state index contributed by atoms with van der Waals surface area (Å²) in [5.41, 5.74) is 0. The molecule has 0 unspecified atom stereocenters. The third-order valence-corrected chi connectivity index (χ3v) is 4.95. The molecule has 5 heteroatoms. The summed E-state index contributed by atoms with van der Waals surface area (Å²) in [5.74, 6) is 0. The average Bonchev–Trinajstić information content (AvgIpc) is 2.06. The maximum Gasteiger partial charge on any atom is 0.500 e. The van der Waals surface area contributed by atoms with Gasteiger partial charge in [-0.05, 0) is 20.8 Å². The Morgan fingerprint density at radius 3 is 1.36 bits per heavy atom. The van der Waals surface area contributed by atoms with E-state index in [2.05, 4.69) is 6.92 Å². The van der Waals surface area contributed by atoms with E-state index in [1.54, 1.807) is 0 Å². The monoisotopic (exact) mass is 254 g/mol. The van der Waals surface area contributed by atoms with Gasteiger partial charge in [-0.1, -0.05) is 13.3 Å². The van der Waals surface area contributed by atoms with Crippen LogP contribution in [0.15, 0.2) is 0 Å². The van der Waals surface area contributed by atoms with E-state index < -0.39 is 8.80 Å². The SMILES string of the molecule is CCC[Si](OCC)(OCC)OCC.[Ti]. The molecule has 0 atom stereocenters. The van der Waals surface area contributed by atoms with Gasteiger partial charge in [0.15, 0.2) is 0 Å². The van der Waals surface area contributed by atoms with Gasteiger partial charge in [0.25, 0.3) is 0 Å². The quantitative estimate of drug-likeness (QED) is 0.623. The van der Waals surface area contributed by atoms with Gasteiger partial charge in [0.2, 0.25) is 0 Å². The van der Waals surface area contributed by atoms with Crippen molar-refractivity contribution in [3.05, 3.63) is 0 Å². The molecule has 14 heavy (non-hydrogen) atoms. The fourth-order valence-electron chi connectivity index (χ4n) is 1.31. The Morgan fingerprint density at radius 2 is 1.14 bits per heavy atom. The van der Waals surface area contributed by atoms with E-state index in [9.17, 15) is 0 Å². The first kappa shape index (κ1) is 17.2. The molecular weight excluding hydrogens is 232 g/mol. The summed E-state index contributed by atoms with van der Waals surface area (Å²) in [4.78, 5) is 0. The van der Waals surface area contributed by atoms with E-state index >= 15 is 0 Å². The van der Waals surface area contributed by atoms with Crippen LogP contribution in [0.5, 0.6) is 0 Å². The Labute approximate surface area is 104 Å². The molecule has 0 aliphatic rings. The van der Waals surface area contributed by atoms with Gasteiger partial charge >= 0.3 is 8.80 Å². The Balaban J connectivity index is 0. The Hall–Kier alpha value is 0.811.